The molecule has 2 heterocycles. The maximum Gasteiger partial charge on any atom is 0.349 e. The molecule has 0 spiro atoms. The lowest BCUT2D eigenvalue weighted by atomic mass is 10.3. The van der Waals surface area contributed by atoms with E-state index in [0.717, 1.165) is 17.5 Å². The van der Waals surface area contributed by atoms with Gasteiger partial charge in [0.1, 0.15) is 10.7 Å². The highest BCUT2D eigenvalue weighted by Crippen LogP contribution is 2.34. The average molecular weight is 290 g/mol. The summed E-state index contributed by atoms with van der Waals surface area (Å²) in [5.74, 6) is -0.877. The fraction of sp³-hybridized carbons (Fsp3) is 0.111. The highest BCUT2D eigenvalue weighted by Gasteiger charge is 2.18. The Balaban J connectivity index is 2.69. The second-order valence-corrected chi connectivity index (χ2v) is 4.58. The lowest BCUT2D eigenvalue weighted by Gasteiger charge is -1.93. The lowest BCUT2D eigenvalue weighted by molar-refractivity contribution is 0.0605. The predicted molar refractivity (Wildman–Crippen MR) is 58.6 cm³/mol. The summed E-state index contributed by atoms with van der Waals surface area (Å²) < 4.78 is 18.6. The third-order valence-corrected chi connectivity index (χ3v) is 3.95. The van der Waals surface area contributed by atoms with Gasteiger partial charge in [0.15, 0.2) is 0 Å². The molecule has 0 saturated carbocycles. The van der Waals surface area contributed by atoms with E-state index in [1.165, 1.54) is 13.2 Å². The first kappa shape index (κ1) is 10.5. The van der Waals surface area contributed by atoms with Crippen molar-refractivity contribution in [3.8, 4) is 0 Å². The zero-order valence-electron chi connectivity index (χ0n) is 7.58. The number of thiophene rings is 1. The van der Waals surface area contributed by atoms with Crippen LogP contribution >= 0.6 is 27.3 Å². The van der Waals surface area contributed by atoms with Gasteiger partial charge >= 0.3 is 5.97 Å². The minimum Gasteiger partial charge on any atom is -0.465 e. The first-order valence-corrected chi connectivity index (χ1v) is 5.56. The molecule has 0 atom stereocenters. The molecule has 0 aliphatic rings. The van der Waals surface area contributed by atoms with Crippen LogP contribution in [0.4, 0.5) is 4.39 Å². The van der Waals surface area contributed by atoms with Gasteiger partial charge in [-0.1, -0.05) is 0 Å². The Labute approximate surface area is 97.0 Å². The van der Waals surface area contributed by atoms with Crippen LogP contribution in [0, 0.1) is 5.82 Å². The third-order valence-electron chi connectivity index (χ3n) is 1.81. The van der Waals surface area contributed by atoms with Crippen LogP contribution in [0.3, 0.4) is 0 Å². The number of nitrogens with zero attached hydrogens (tertiary/aromatic N) is 1. The lowest BCUT2D eigenvalue weighted by Crippen LogP contribution is -1.98. The van der Waals surface area contributed by atoms with Crippen molar-refractivity contribution in [1.29, 1.82) is 0 Å². The Morgan fingerprint density at radius 2 is 2.40 bits per heavy atom. The third kappa shape index (κ3) is 1.74. The maximum absolute atomic E-state index is 12.9. The molecule has 6 heteroatoms. The molecule has 2 rings (SSSR count). The second kappa shape index (κ2) is 3.86. The average Bonchev–Trinajstić information content (AvgIpc) is 2.54. The van der Waals surface area contributed by atoms with Gasteiger partial charge in [-0.25, -0.2) is 9.18 Å². The molecule has 0 bridgehead atoms. The molecule has 0 aliphatic carbocycles. The first-order valence-electron chi connectivity index (χ1n) is 3.95. The number of halogens is 2. The van der Waals surface area contributed by atoms with Crippen LogP contribution in [0.25, 0.3) is 10.2 Å². The highest BCUT2D eigenvalue weighted by molar-refractivity contribution is 9.10. The number of fused-ring (bicyclic) bond motifs is 1. The number of esters is 1. The van der Waals surface area contributed by atoms with Crippen LogP contribution in [-0.2, 0) is 4.74 Å². The van der Waals surface area contributed by atoms with E-state index in [9.17, 15) is 9.18 Å². The second-order valence-electron chi connectivity index (χ2n) is 2.74. The van der Waals surface area contributed by atoms with E-state index >= 15 is 0 Å². The zero-order chi connectivity index (χ0) is 11.0. The van der Waals surface area contributed by atoms with E-state index in [2.05, 4.69) is 25.7 Å². The van der Waals surface area contributed by atoms with Crippen molar-refractivity contribution in [2.24, 2.45) is 0 Å². The van der Waals surface area contributed by atoms with Gasteiger partial charge in [0.25, 0.3) is 0 Å². The Bertz CT molecular complexity index is 540. The number of aromatic nitrogens is 1. The molecule has 0 saturated heterocycles. The number of rotatable bonds is 1. The fourth-order valence-corrected chi connectivity index (χ4v) is 3.00. The molecular weight excluding hydrogens is 285 g/mol. The first-order chi connectivity index (χ1) is 7.13. The topological polar surface area (TPSA) is 39.2 Å². The van der Waals surface area contributed by atoms with Gasteiger partial charge in [-0.2, -0.15) is 0 Å². The van der Waals surface area contributed by atoms with E-state index in [-0.39, 0.29) is 0 Å². The minimum absolute atomic E-state index is 0.394. The largest absolute Gasteiger partial charge is 0.465 e. The van der Waals surface area contributed by atoms with E-state index in [1.807, 2.05) is 0 Å². The van der Waals surface area contributed by atoms with Crippen molar-refractivity contribution in [1.82, 2.24) is 4.98 Å². The summed E-state index contributed by atoms with van der Waals surface area (Å²) in [6.45, 7) is 0. The molecule has 78 valence electrons. The molecule has 0 radical (unpaired) electrons. The van der Waals surface area contributed by atoms with Crippen molar-refractivity contribution in [3.63, 3.8) is 0 Å². The van der Waals surface area contributed by atoms with Crippen molar-refractivity contribution < 1.29 is 13.9 Å². The number of carbonyl (C=O) groups excluding carboxylic acids is 1. The predicted octanol–water partition coefficient (Wildman–Crippen LogP) is 2.98. The Morgan fingerprint density at radius 1 is 1.67 bits per heavy atom. The summed E-state index contributed by atoms with van der Waals surface area (Å²) in [4.78, 5) is 15.6. The molecule has 0 N–H and O–H groups in total. The van der Waals surface area contributed by atoms with E-state index in [0.29, 0.717) is 19.6 Å². The van der Waals surface area contributed by atoms with Crippen LogP contribution < -0.4 is 0 Å². The van der Waals surface area contributed by atoms with Gasteiger partial charge < -0.3 is 4.74 Å². The van der Waals surface area contributed by atoms with Gasteiger partial charge in [-0.3, -0.25) is 4.98 Å². The van der Waals surface area contributed by atoms with Gasteiger partial charge in [-0.15, -0.1) is 11.3 Å². The van der Waals surface area contributed by atoms with Crippen LogP contribution in [-0.4, -0.2) is 18.1 Å². The van der Waals surface area contributed by atoms with E-state index in [1.54, 1.807) is 0 Å². The highest BCUT2D eigenvalue weighted by atomic mass is 79.9. The molecular formula is C9H5BrFNO2S. The number of ether oxygens (including phenoxy) is 1. The molecule has 0 amide bonds. The summed E-state index contributed by atoms with van der Waals surface area (Å²) in [7, 11) is 1.30. The van der Waals surface area contributed by atoms with Crippen molar-refractivity contribution in [3.05, 3.63) is 27.4 Å². The smallest absolute Gasteiger partial charge is 0.349 e. The Morgan fingerprint density at radius 3 is 3.07 bits per heavy atom. The minimum atomic E-state index is -0.453. The van der Waals surface area contributed by atoms with Gasteiger partial charge in [0.05, 0.1) is 28.0 Å². The molecule has 2 aromatic heterocycles. The van der Waals surface area contributed by atoms with Crippen molar-refractivity contribution in [2.75, 3.05) is 7.11 Å². The summed E-state index contributed by atoms with van der Waals surface area (Å²) in [6.07, 6.45) is 1.11. The van der Waals surface area contributed by atoms with Crippen molar-refractivity contribution >= 4 is 43.5 Å². The van der Waals surface area contributed by atoms with Crippen molar-refractivity contribution in [2.45, 2.75) is 0 Å². The van der Waals surface area contributed by atoms with E-state index in [4.69, 9.17) is 0 Å². The summed E-state index contributed by atoms with van der Waals surface area (Å²) in [5, 5.41) is 0. The number of hydrogen-bond donors (Lipinski definition) is 0. The molecule has 2 aromatic rings. The molecule has 0 aliphatic heterocycles. The van der Waals surface area contributed by atoms with Gasteiger partial charge in [0.2, 0.25) is 0 Å². The Hall–Kier alpha value is -1.01. The van der Waals surface area contributed by atoms with Gasteiger partial charge in [-0.05, 0) is 22.0 Å². The number of pyridine rings is 1. The SMILES string of the molecule is COC(=O)c1sc2cc(F)cnc2c1Br. The number of carbonyl (C=O) groups is 1. The molecule has 0 fully saturated rings. The molecule has 3 nitrogen and oxygen atoms in total. The van der Waals surface area contributed by atoms with Crippen LogP contribution in [0.15, 0.2) is 16.7 Å². The monoisotopic (exact) mass is 289 g/mol. The molecule has 15 heavy (non-hydrogen) atoms. The number of methoxy groups -OCH3 is 1. The van der Waals surface area contributed by atoms with E-state index < -0.39 is 11.8 Å². The number of hydrogen-bond acceptors (Lipinski definition) is 4. The molecule has 0 aromatic carbocycles. The van der Waals surface area contributed by atoms with Crippen LogP contribution in [0.5, 0.6) is 0 Å². The van der Waals surface area contributed by atoms with Crippen LogP contribution in [0.2, 0.25) is 0 Å². The zero-order valence-corrected chi connectivity index (χ0v) is 9.99. The van der Waals surface area contributed by atoms with Gasteiger partial charge in [0, 0.05) is 0 Å². The van der Waals surface area contributed by atoms with Crippen LogP contribution in [0.1, 0.15) is 9.67 Å². The maximum atomic E-state index is 12.9. The standard InChI is InChI=1S/C9H5BrFNO2S/c1-14-9(13)8-6(10)7-5(15-8)2-4(11)3-12-7/h2-3H,1H3. The fourth-order valence-electron chi connectivity index (χ4n) is 1.15. The Kier molecular flexibility index (Phi) is 2.70. The summed E-state index contributed by atoms with van der Waals surface area (Å²) in [6, 6.07) is 1.34. The molecule has 0 unspecified atom stereocenters. The summed E-state index contributed by atoms with van der Waals surface area (Å²) in [5.41, 5.74) is 0.571. The normalized spacial score (nSPS) is 10.6. The quantitative estimate of drug-likeness (QED) is 0.758. The summed E-state index contributed by atoms with van der Waals surface area (Å²) >= 11 is 4.39.